The van der Waals surface area contributed by atoms with Crippen LogP contribution in [-0.2, 0) is 4.74 Å². The Morgan fingerprint density at radius 1 is 1.38 bits per heavy atom. The van der Waals surface area contributed by atoms with Crippen molar-refractivity contribution in [1.29, 1.82) is 0 Å². The minimum absolute atomic E-state index is 0.0502. The number of epoxide rings is 1. The summed E-state index contributed by atoms with van der Waals surface area (Å²) in [5.74, 6) is 0. The molecule has 0 saturated carbocycles. The Balaban J connectivity index is 2.04. The smallest absolute Gasteiger partial charge is 0.118 e. The van der Waals surface area contributed by atoms with E-state index < -0.39 is 6.10 Å². The van der Waals surface area contributed by atoms with Gasteiger partial charge in [-0.1, -0.05) is 36.4 Å². The van der Waals surface area contributed by atoms with Gasteiger partial charge in [0, 0.05) is 0 Å². The Morgan fingerprint density at radius 2 is 2.08 bits per heavy atom. The van der Waals surface area contributed by atoms with Crippen LogP contribution in [0.1, 0.15) is 11.7 Å². The van der Waals surface area contributed by atoms with E-state index in [1.807, 2.05) is 30.3 Å². The lowest BCUT2D eigenvalue weighted by molar-refractivity contribution is 0.178. The van der Waals surface area contributed by atoms with E-state index >= 15 is 0 Å². The van der Waals surface area contributed by atoms with Gasteiger partial charge in [0.1, 0.15) is 18.3 Å². The van der Waals surface area contributed by atoms with Gasteiger partial charge in [-0.3, -0.25) is 0 Å². The van der Waals surface area contributed by atoms with Crippen molar-refractivity contribution in [3.63, 3.8) is 0 Å². The van der Waals surface area contributed by atoms with Crippen molar-refractivity contribution in [3.8, 4) is 0 Å². The van der Waals surface area contributed by atoms with Gasteiger partial charge in [-0.15, -0.1) is 6.58 Å². The van der Waals surface area contributed by atoms with E-state index in [0.29, 0.717) is 0 Å². The van der Waals surface area contributed by atoms with Gasteiger partial charge < -0.3 is 9.84 Å². The minimum atomic E-state index is -0.551. The minimum Gasteiger partial charge on any atom is -0.386 e. The summed E-state index contributed by atoms with van der Waals surface area (Å²) in [5, 5.41) is 9.39. The zero-order chi connectivity index (χ0) is 9.26. The number of hydrogen-bond acceptors (Lipinski definition) is 2. The average molecular weight is 176 g/mol. The maximum Gasteiger partial charge on any atom is 0.118 e. The Bertz CT molecular complexity index is 294. The van der Waals surface area contributed by atoms with E-state index in [4.69, 9.17) is 4.74 Å². The SMILES string of the molecule is C=C[C@H](O)[C@H]1O[C@H]1c1ccccc1. The Labute approximate surface area is 77.5 Å². The molecule has 1 heterocycles. The van der Waals surface area contributed by atoms with Crippen LogP contribution in [0.15, 0.2) is 43.0 Å². The Kier molecular flexibility index (Phi) is 2.17. The highest BCUT2D eigenvalue weighted by molar-refractivity contribution is 5.23. The number of hydrogen-bond donors (Lipinski definition) is 1. The molecule has 1 aromatic carbocycles. The molecule has 0 unspecified atom stereocenters. The van der Waals surface area contributed by atoms with Crippen LogP contribution in [0.5, 0.6) is 0 Å². The van der Waals surface area contributed by atoms with Crippen LogP contribution in [0.4, 0.5) is 0 Å². The quantitative estimate of drug-likeness (QED) is 0.561. The first-order valence-corrected chi connectivity index (χ1v) is 4.34. The molecule has 1 saturated heterocycles. The summed E-state index contributed by atoms with van der Waals surface area (Å²) in [5.41, 5.74) is 1.12. The number of aliphatic hydroxyl groups excluding tert-OH is 1. The fraction of sp³-hybridized carbons (Fsp3) is 0.273. The third kappa shape index (κ3) is 1.64. The number of aliphatic hydroxyl groups is 1. The molecule has 1 fully saturated rings. The number of ether oxygens (including phenoxy) is 1. The van der Waals surface area contributed by atoms with Crippen LogP contribution < -0.4 is 0 Å². The van der Waals surface area contributed by atoms with Crippen molar-refractivity contribution in [1.82, 2.24) is 0 Å². The van der Waals surface area contributed by atoms with Crippen molar-refractivity contribution in [2.75, 3.05) is 0 Å². The summed E-state index contributed by atoms with van der Waals surface area (Å²) in [6, 6.07) is 9.90. The van der Waals surface area contributed by atoms with Gasteiger partial charge in [-0.05, 0) is 5.56 Å². The highest BCUT2D eigenvalue weighted by Gasteiger charge is 2.44. The van der Waals surface area contributed by atoms with Gasteiger partial charge in [0.15, 0.2) is 0 Å². The highest BCUT2D eigenvalue weighted by atomic mass is 16.6. The van der Waals surface area contributed by atoms with Crippen molar-refractivity contribution in [2.45, 2.75) is 18.3 Å². The predicted octanol–water partition coefficient (Wildman–Crippen LogP) is 1.67. The van der Waals surface area contributed by atoms with E-state index in [9.17, 15) is 5.11 Å². The highest BCUT2D eigenvalue weighted by Crippen LogP contribution is 2.40. The molecule has 1 aliphatic heterocycles. The summed E-state index contributed by atoms with van der Waals surface area (Å²) >= 11 is 0. The lowest BCUT2D eigenvalue weighted by atomic mass is 10.1. The Hall–Kier alpha value is -1.12. The largest absolute Gasteiger partial charge is 0.386 e. The van der Waals surface area contributed by atoms with Crippen LogP contribution in [0.3, 0.4) is 0 Å². The molecule has 0 aliphatic carbocycles. The molecule has 2 heteroatoms. The summed E-state index contributed by atoms with van der Waals surface area (Å²) in [6.07, 6.45) is 0.910. The van der Waals surface area contributed by atoms with Crippen molar-refractivity contribution < 1.29 is 9.84 Å². The molecule has 2 nitrogen and oxygen atoms in total. The molecule has 0 radical (unpaired) electrons. The molecule has 1 aromatic rings. The van der Waals surface area contributed by atoms with Crippen LogP contribution in [-0.4, -0.2) is 17.3 Å². The standard InChI is InChI=1S/C11H12O2/c1-2-9(12)11-10(13-11)8-6-4-3-5-7-8/h2-7,9-12H,1H2/t9-,10-,11+/m0/s1. The second-order valence-corrected chi connectivity index (χ2v) is 3.16. The molecule has 0 amide bonds. The van der Waals surface area contributed by atoms with Crippen LogP contribution in [0, 0.1) is 0 Å². The first kappa shape index (κ1) is 8.48. The fourth-order valence-corrected chi connectivity index (χ4v) is 1.43. The molecule has 68 valence electrons. The topological polar surface area (TPSA) is 32.8 Å². The third-order valence-corrected chi connectivity index (χ3v) is 2.23. The summed E-state index contributed by atoms with van der Waals surface area (Å²) in [4.78, 5) is 0. The summed E-state index contributed by atoms with van der Waals surface area (Å²) < 4.78 is 5.33. The molecule has 1 N–H and O–H groups in total. The lowest BCUT2D eigenvalue weighted by Gasteiger charge is -1.98. The molecular weight excluding hydrogens is 164 g/mol. The molecule has 0 spiro atoms. The molecule has 1 aliphatic rings. The van der Waals surface area contributed by atoms with Crippen LogP contribution >= 0.6 is 0 Å². The molecule has 2 rings (SSSR count). The van der Waals surface area contributed by atoms with E-state index in [2.05, 4.69) is 6.58 Å². The van der Waals surface area contributed by atoms with E-state index in [-0.39, 0.29) is 12.2 Å². The maximum atomic E-state index is 9.39. The summed E-state index contributed by atoms with van der Waals surface area (Å²) in [6.45, 7) is 3.52. The van der Waals surface area contributed by atoms with E-state index in [1.165, 1.54) is 6.08 Å². The maximum absolute atomic E-state index is 9.39. The Morgan fingerprint density at radius 3 is 2.69 bits per heavy atom. The van der Waals surface area contributed by atoms with Crippen molar-refractivity contribution >= 4 is 0 Å². The van der Waals surface area contributed by atoms with Gasteiger partial charge in [0.2, 0.25) is 0 Å². The van der Waals surface area contributed by atoms with Gasteiger partial charge in [0.05, 0.1) is 0 Å². The molecular formula is C11H12O2. The molecule has 0 bridgehead atoms. The molecule has 0 aromatic heterocycles. The fourth-order valence-electron chi connectivity index (χ4n) is 1.43. The van der Waals surface area contributed by atoms with Gasteiger partial charge in [-0.2, -0.15) is 0 Å². The van der Waals surface area contributed by atoms with E-state index in [1.54, 1.807) is 0 Å². The second kappa shape index (κ2) is 3.32. The first-order valence-electron chi connectivity index (χ1n) is 4.34. The second-order valence-electron chi connectivity index (χ2n) is 3.16. The van der Waals surface area contributed by atoms with Crippen molar-refractivity contribution in [2.24, 2.45) is 0 Å². The zero-order valence-electron chi connectivity index (χ0n) is 7.26. The number of rotatable bonds is 3. The van der Waals surface area contributed by atoms with Gasteiger partial charge in [-0.25, -0.2) is 0 Å². The normalized spacial score (nSPS) is 28.1. The first-order chi connectivity index (χ1) is 6.33. The average Bonchev–Trinajstić information content (AvgIpc) is 2.98. The predicted molar refractivity (Wildman–Crippen MR) is 50.3 cm³/mol. The zero-order valence-corrected chi connectivity index (χ0v) is 7.26. The summed E-state index contributed by atoms with van der Waals surface area (Å²) in [7, 11) is 0. The molecule has 3 atom stereocenters. The van der Waals surface area contributed by atoms with Crippen LogP contribution in [0.2, 0.25) is 0 Å². The molecule has 13 heavy (non-hydrogen) atoms. The lowest BCUT2D eigenvalue weighted by Crippen LogP contribution is -2.10. The number of benzene rings is 1. The third-order valence-electron chi connectivity index (χ3n) is 2.23. The van der Waals surface area contributed by atoms with E-state index in [0.717, 1.165) is 5.56 Å². The monoisotopic (exact) mass is 176 g/mol. The van der Waals surface area contributed by atoms with Gasteiger partial charge in [0.25, 0.3) is 0 Å². The van der Waals surface area contributed by atoms with Crippen LogP contribution in [0.25, 0.3) is 0 Å². The van der Waals surface area contributed by atoms with Crippen molar-refractivity contribution in [3.05, 3.63) is 48.6 Å². The van der Waals surface area contributed by atoms with Gasteiger partial charge >= 0.3 is 0 Å².